The smallest absolute Gasteiger partial charge is 0.416 e. The first-order valence-corrected chi connectivity index (χ1v) is 11.7. The lowest BCUT2D eigenvalue weighted by Gasteiger charge is -2.09. The van der Waals surface area contributed by atoms with Crippen molar-refractivity contribution in [3.8, 4) is 17.1 Å². The van der Waals surface area contributed by atoms with Crippen LogP contribution in [0.15, 0.2) is 65.5 Å². The minimum absolute atomic E-state index is 0.140. The topological polar surface area (TPSA) is 79.4 Å². The van der Waals surface area contributed by atoms with Crippen LogP contribution in [0, 0.1) is 0 Å². The quantitative estimate of drug-likeness (QED) is 0.326. The number of ether oxygens (including phenoxy) is 2. The molecule has 2 aliphatic heterocycles. The molecule has 0 N–H and O–H groups in total. The van der Waals surface area contributed by atoms with Gasteiger partial charge in [-0.25, -0.2) is 9.98 Å². The zero-order valence-corrected chi connectivity index (χ0v) is 20.7. The van der Waals surface area contributed by atoms with E-state index in [1.54, 1.807) is 19.5 Å². The van der Waals surface area contributed by atoms with E-state index in [-0.39, 0.29) is 19.1 Å². The van der Waals surface area contributed by atoms with Gasteiger partial charge in [0.2, 0.25) is 5.90 Å². The van der Waals surface area contributed by atoms with Crippen LogP contribution in [0.5, 0.6) is 0 Å². The summed E-state index contributed by atoms with van der Waals surface area (Å²) in [6, 6.07) is 4.93. The highest BCUT2D eigenvalue weighted by molar-refractivity contribution is 6.31. The number of rotatable bonds is 6. The molecule has 1 atom stereocenters. The fourth-order valence-electron chi connectivity index (χ4n) is 4.25. The van der Waals surface area contributed by atoms with E-state index in [1.165, 1.54) is 13.0 Å². The van der Waals surface area contributed by atoms with E-state index < -0.39 is 17.8 Å². The number of halogens is 4. The van der Waals surface area contributed by atoms with Crippen LogP contribution in [0.4, 0.5) is 13.2 Å². The largest absolute Gasteiger partial charge is 0.474 e. The van der Waals surface area contributed by atoms with Crippen LogP contribution in [0.1, 0.15) is 24.1 Å². The highest BCUT2D eigenvalue weighted by Crippen LogP contribution is 2.35. The van der Waals surface area contributed by atoms with Crippen molar-refractivity contribution in [2.24, 2.45) is 4.99 Å². The second kappa shape index (κ2) is 9.64. The van der Waals surface area contributed by atoms with Crippen LogP contribution < -0.4 is 0 Å². The lowest BCUT2D eigenvalue weighted by atomic mass is 10.1. The number of aliphatic imine (C=N–C) groups is 1. The Bertz CT molecular complexity index is 1470. The molecular weight excluding hydrogens is 509 g/mol. The molecule has 0 unspecified atom stereocenters. The zero-order valence-electron chi connectivity index (χ0n) is 20.0. The molecule has 192 valence electrons. The molecule has 3 aromatic rings. The third-order valence-electron chi connectivity index (χ3n) is 6.13. The monoisotopic (exact) mass is 530 g/mol. The Morgan fingerprint density at radius 3 is 2.84 bits per heavy atom. The molecule has 0 fully saturated rings. The van der Waals surface area contributed by atoms with Gasteiger partial charge in [-0.3, -0.25) is 4.57 Å². The van der Waals surface area contributed by atoms with E-state index in [0.717, 1.165) is 29.1 Å². The van der Waals surface area contributed by atoms with Crippen molar-refractivity contribution in [2.75, 3.05) is 13.7 Å². The number of hydrogen-bond acceptors (Lipinski definition) is 6. The molecule has 37 heavy (non-hydrogen) atoms. The van der Waals surface area contributed by atoms with E-state index in [2.05, 4.69) is 26.8 Å². The van der Waals surface area contributed by atoms with Crippen molar-refractivity contribution >= 4 is 17.5 Å². The number of benzene rings is 1. The van der Waals surface area contributed by atoms with Gasteiger partial charge in [0.1, 0.15) is 31.3 Å². The van der Waals surface area contributed by atoms with Gasteiger partial charge in [-0.15, -0.1) is 10.2 Å². The fraction of sp³-hybridized carbons (Fsp3) is 0.280. The highest BCUT2D eigenvalue weighted by atomic mass is 35.5. The lowest BCUT2D eigenvalue weighted by Crippen LogP contribution is -2.13. The summed E-state index contributed by atoms with van der Waals surface area (Å²) >= 11 is 6.30. The number of alkyl halides is 3. The molecule has 5 rings (SSSR count). The standard InChI is InChI=1S/C25H22ClF3N6O2/c1-4-15(25(27,28)29)6-5-14(2)18-11-37-24(31-18)22-20-10-34-21(12-36-3)32-33-23(34)17-9-16(26)7-8-19(17)35(20)13-30-22/h4-9,13,18H,2,10-12H2,1,3H3/b6-5-,15-4+/t18-/m1/s1. The van der Waals surface area contributed by atoms with E-state index in [1.807, 2.05) is 21.3 Å². The van der Waals surface area contributed by atoms with Gasteiger partial charge in [0.25, 0.3) is 0 Å². The van der Waals surface area contributed by atoms with Crippen molar-refractivity contribution in [1.82, 2.24) is 24.3 Å². The predicted molar refractivity (Wildman–Crippen MR) is 132 cm³/mol. The van der Waals surface area contributed by atoms with Gasteiger partial charge in [-0.05, 0) is 30.7 Å². The molecule has 2 aromatic heterocycles. The van der Waals surface area contributed by atoms with Crippen molar-refractivity contribution in [2.45, 2.75) is 32.3 Å². The second-order valence-electron chi connectivity index (χ2n) is 8.44. The van der Waals surface area contributed by atoms with Crippen molar-refractivity contribution in [1.29, 1.82) is 0 Å². The second-order valence-corrected chi connectivity index (χ2v) is 8.88. The van der Waals surface area contributed by atoms with Crippen molar-refractivity contribution in [3.05, 3.63) is 82.7 Å². The maximum atomic E-state index is 13.0. The van der Waals surface area contributed by atoms with Crippen LogP contribution in [0.3, 0.4) is 0 Å². The summed E-state index contributed by atoms with van der Waals surface area (Å²) in [6.07, 6.45) is 0.543. The summed E-state index contributed by atoms with van der Waals surface area (Å²) in [5.74, 6) is 1.55. The van der Waals surface area contributed by atoms with E-state index >= 15 is 0 Å². The van der Waals surface area contributed by atoms with Crippen LogP contribution >= 0.6 is 11.6 Å². The molecule has 0 saturated carbocycles. The van der Waals surface area contributed by atoms with Gasteiger partial charge >= 0.3 is 6.18 Å². The summed E-state index contributed by atoms with van der Waals surface area (Å²) in [5.41, 5.74) is 2.50. The molecule has 0 aliphatic carbocycles. The van der Waals surface area contributed by atoms with Crippen LogP contribution in [0.25, 0.3) is 17.1 Å². The summed E-state index contributed by atoms with van der Waals surface area (Å²) in [7, 11) is 1.58. The first-order valence-electron chi connectivity index (χ1n) is 11.3. The summed E-state index contributed by atoms with van der Waals surface area (Å²) in [6.45, 7) is 5.98. The van der Waals surface area contributed by atoms with Crippen LogP contribution in [0.2, 0.25) is 5.02 Å². The first kappa shape index (κ1) is 25.0. The van der Waals surface area contributed by atoms with E-state index in [4.69, 9.17) is 21.1 Å². The average Bonchev–Trinajstić information content (AvgIpc) is 3.57. The van der Waals surface area contributed by atoms with Gasteiger partial charge < -0.3 is 14.0 Å². The third kappa shape index (κ3) is 4.60. The molecule has 0 saturated heterocycles. The number of allylic oxidation sites excluding steroid dienone is 3. The number of imidazole rings is 1. The molecule has 0 amide bonds. The normalized spacial score (nSPS) is 17.2. The third-order valence-corrected chi connectivity index (χ3v) is 6.37. The number of methoxy groups -OCH3 is 1. The van der Waals surface area contributed by atoms with Gasteiger partial charge in [0.05, 0.1) is 23.5 Å². The number of hydrogen-bond donors (Lipinski definition) is 0. The zero-order chi connectivity index (χ0) is 26.3. The van der Waals surface area contributed by atoms with Gasteiger partial charge in [-0.1, -0.05) is 36.4 Å². The van der Waals surface area contributed by atoms with Crippen molar-refractivity contribution < 1.29 is 22.6 Å². The predicted octanol–water partition coefficient (Wildman–Crippen LogP) is 5.06. The van der Waals surface area contributed by atoms with E-state index in [9.17, 15) is 13.2 Å². The number of fused-ring (bicyclic) bond motifs is 5. The summed E-state index contributed by atoms with van der Waals surface area (Å²) < 4.78 is 54.1. The highest BCUT2D eigenvalue weighted by Gasteiger charge is 2.32. The maximum Gasteiger partial charge on any atom is 0.416 e. The molecule has 1 aromatic carbocycles. The van der Waals surface area contributed by atoms with Gasteiger partial charge in [0.15, 0.2) is 11.6 Å². The van der Waals surface area contributed by atoms with Gasteiger partial charge in [0, 0.05) is 17.7 Å². The average molecular weight is 531 g/mol. The maximum absolute atomic E-state index is 13.0. The minimum Gasteiger partial charge on any atom is -0.474 e. The Morgan fingerprint density at radius 1 is 1.30 bits per heavy atom. The molecule has 0 radical (unpaired) electrons. The Labute approximate surface area is 215 Å². The summed E-state index contributed by atoms with van der Waals surface area (Å²) in [5, 5.41) is 9.21. The lowest BCUT2D eigenvalue weighted by molar-refractivity contribution is -0.0883. The molecule has 0 bridgehead atoms. The molecule has 12 heteroatoms. The minimum atomic E-state index is -4.44. The number of nitrogens with zero attached hydrogens (tertiary/aromatic N) is 6. The summed E-state index contributed by atoms with van der Waals surface area (Å²) in [4.78, 5) is 9.16. The Balaban J connectivity index is 1.51. The van der Waals surface area contributed by atoms with Crippen LogP contribution in [-0.4, -0.2) is 56.1 Å². The Kier molecular flexibility index (Phi) is 6.50. The molecular formula is C25H22ClF3N6O2. The first-order chi connectivity index (χ1) is 17.7. The number of aromatic nitrogens is 5. The van der Waals surface area contributed by atoms with E-state index in [0.29, 0.717) is 34.5 Å². The SMILES string of the molecule is C=C(/C=C\C(=C/C)C(F)(F)F)[C@H]1COC(c2ncn3c2Cn2c(COC)nnc2-c2cc(Cl)ccc2-3)=N1. The Morgan fingerprint density at radius 2 is 2.11 bits per heavy atom. The van der Waals surface area contributed by atoms with Crippen molar-refractivity contribution in [3.63, 3.8) is 0 Å². The van der Waals surface area contributed by atoms with Gasteiger partial charge in [-0.2, -0.15) is 13.2 Å². The molecule has 4 heterocycles. The van der Waals surface area contributed by atoms with Crippen LogP contribution in [-0.2, 0) is 22.6 Å². The molecule has 2 aliphatic rings. The Hall–Kier alpha value is -3.70. The molecule has 0 spiro atoms. The molecule has 8 nitrogen and oxygen atoms in total. The fourth-order valence-corrected chi connectivity index (χ4v) is 4.42.